The normalized spacial score (nSPS) is 18.1. The van der Waals surface area contributed by atoms with Gasteiger partial charge in [-0.3, -0.25) is 9.59 Å². The number of carboxylic acids is 1. The van der Waals surface area contributed by atoms with E-state index in [0.717, 1.165) is 5.56 Å². The van der Waals surface area contributed by atoms with Gasteiger partial charge in [-0.15, -0.1) is 0 Å². The monoisotopic (exact) mass is 261 g/mol. The first-order valence-corrected chi connectivity index (χ1v) is 6.52. The lowest BCUT2D eigenvalue weighted by atomic mass is 9.80. The van der Waals surface area contributed by atoms with Crippen LogP contribution in [0.4, 0.5) is 0 Å². The van der Waals surface area contributed by atoms with Gasteiger partial charge in [0.05, 0.1) is 5.41 Å². The van der Waals surface area contributed by atoms with Crippen LogP contribution in [-0.4, -0.2) is 35.0 Å². The molecule has 1 amide bonds. The fourth-order valence-corrected chi connectivity index (χ4v) is 2.40. The summed E-state index contributed by atoms with van der Waals surface area (Å²) in [4.78, 5) is 25.3. The van der Waals surface area contributed by atoms with Gasteiger partial charge in [0, 0.05) is 18.7 Å². The van der Waals surface area contributed by atoms with Gasteiger partial charge in [0.15, 0.2) is 0 Å². The molecular formula is C15H19NO3. The first-order valence-electron chi connectivity index (χ1n) is 6.52. The number of carbonyl (C=O) groups excluding carboxylic acids is 1. The first kappa shape index (κ1) is 13.6. The van der Waals surface area contributed by atoms with Gasteiger partial charge in [0.2, 0.25) is 0 Å². The van der Waals surface area contributed by atoms with E-state index in [1.165, 1.54) is 0 Å². The Morgan fingerprint density at radius 2 is 1.79 bits per heavy atom. The van der Waals surface area contributed by atoms with Crippen molar-refractivity contribution in [3.05, 3.63) is 35.4 Å². The molecule has 2 rings (SSSR count). The van der Waals surface area contributed by atoms with E-state index in [0.29, 0.717) is 31.5 Å². The van der Waals surface area contributed by atoms with Gasteiger partial charge in [0.25, 0.3) is 5.91 Å². The van der Waals surface area contributed by atoms with Crippen molar-refractivity contribution in [2.24, 2.45) is 5.41 Å². The maximum Gasteiger partial charge on any atom is 0.309 e. The Bertz CT molecular complexity index is 502. The zero-order valence-electron chi connectivity index (χ0n) is 11.3. The van der Waals surface area contributed by atoms with Crippen molar-refractivity contribution in [3.8, 4) is 0 Å². The number of carboxylic acid groups (broad SMARTS) is 1. The van der Waals surface area contributed by atoms with Crippen LogP contribution in [0.3, 0.4) is 0 Å². The fourth-order valence-electron chi connectivity index (χ4n) is 2.40. The predicted octanol–water partition coefficient (Wildman–Crippen LogP) is 2.32. The lowest BCUT2D eigenvalue weighted by Crippen LogP contribution is -2.45. The molecule has 1 aliphatic rings. The van der Waals surface area contributed by atoms with Gasteiger partial charge in [-0.2, -0.15) is 0 Å². The smallest absolute Gasteiger partial charge is 0.309 e. The minimum Gasteiger partial charge on any atom is -0.481 e. The lowest BCUT2D eigenvalue weighted by molar-refractivity contribution is -0.150. The van der Waals surface area contributed by atoms with Gasteiger partial charge >= 0.3 is 5.97 Å². The Kier molecular flexibility index (Phi) is 3.60. The third kappa shape index (κ3) is 2.62. The first-order chi connectivity index (χ1) is 8.94. The maximum atomic E-state index is 12.4. The molecule has 0 saturated carbocycles. The third-order valence-corrected chi connectivity index (χ3v) is 4.05. The highest BCUT2D eigenvalue weighted by Crippen LogP contribution is 2.31. The number of carbonyl (C=O) groups is 2. The minimum absolute atomic E-state index is 0.00513. The molecule has 1 N–H and O–H groups in total. The molecule has 0 bridgehead atoms. The molecule has 1 heterocycles. The van der Waals surface area contributed by atoms with E-state index in [1.54, 1.807) is 11.8 Å². The summed E-state index contributed by atoms with van der Waals surface area (Å²) in [5.41, 5.74) is 0.975. The van der Waals surface area contributed by atoms with Gasteiger partial charge in [-0.25, -0.2) is 0 Å². The zero-order valence-corrected chi connectivity index (χ0v) is 11.3. The summed E-state index contributed by atoms with van der Waals surface area (Å²) in [5, 5.41) is 9.18. The fraction of sp³-hybridized carbons (Fsp3) is 0.467. The summed E-state index contributed by atoms with van der Waals surface area (Å²) in [5.74, 6) is -0.763. The maximum absolute atomic E-state index is 12.4. The van der Waals surface area contributed by atoms with Crippen molar-refractivity contribution in [2.75, 3.05) is 13.1 Å². The van der Waals surface area contributed by atoms with E-state index in [9.17, 15) is 14.7 Å². The molecule has 0 radical (unpaired) electrons. The standard InChI is InChI=1S/C15H19NO3/c1-11-5-3-4-6-12(11)13(17)16-9-7-15(2,8-10-16)14(18)19/h3-6H,7-10H2,1-2H3,(H,18,19). The van der Waals surface area contributed by atoms with E-state index in [4.69, 9.17) is 0 Å². The van der Waals surface area contributed by atoms with E-state index >= 15 is 0 Å². The molecule has 102 valence electrons. The van der Waals surface area contributed by atoms with Crippen molar-refractivity contribution >= 4 is 11.9 Å². The van der Waals surface area contributed by atoms with Crippen molar-refractivity contribution in [1.29, 1.82) is 0 Å². The second kappa shape index (κ2) is 5.03. The third-order valence-electron chi connectivity index (χ3n) is 4.05. The quantitative estimate of drug-likeness (QED) is 0.888. The van der Waals surface area contributed by atoms with Crippen LogP contribution >= 0.6 is 0 Å². The molecule has 1 aliphatic heterocycles. The van der Waals surface area contributed by atoms with Crippen LogP contribution in [0, 0.1) is 12.3 Å². The predicted molar refractivity (Wildman–Crippen MR) is 72.1 cm³/mol. The molecule has 1 aromatic rings. The molecule has 0 unspecified atom stereocenters. The van der Waals surface area contributed by atoms with Crippen LogP contribution in [-0.2, 0) is 4.79 Å². The number of rotatable bonds is 2. The molecule has 1 saturated heterocycles. The number of benzene rings is 1. The molecule has 0 atom stereocenters. The van der Waals surface area contributed by atoms with Crippen molar-refractivity contribution < 1.29 is 14.7 Å². The second-order valence-corrected chi connectivity index (χ2v) is 5.47. The van der Waals surface area contributed by atoms with Crippen LogP contribution in [0.1, 0.15) is 35.7 Å². The number of aliphatic carboxylic acids is 1. The number of hydrogen-bond acceptors (Lipinski definition) is 2. The van der Waals surface area contributed by atoms with Crippen molar-refractivity contribution in [3.63, 3.8) is 0 Å². The number of amides is 1. The molecular weight excluding hydrogens is 242 g/mol. The Morgan fingerprint density at radius 3 is 2.32 bits per heavy atom. The number of hydrogen-bond donors (Lipinski definition) is 1. The SMILES string of the molecule is Cc1ccccc1C(=O)N1CCC(C)(C(=O)O)CC1. The van der Waals surface area contributed by atoms with Gasteiger partial charge in [0.1, 0.15) is 0 Å². The largest absolute Gasteiger partial charge is 0.481 e. The van der Waals surface area contributed by atoms with Gasteiger partial charge in [-0.1, -0.05) is 18.2 Å². The number of likely N-dealkylation sites (tertiary alicyclic amines) is 1. The summed E-state index contributed by atoms with van der Waals surface area (Å²) in [6.45, 7) is 4.69. The number of nitrogens with zero attached hydrogens (tertiary/aromatic N) is 1. The Morgan fingerprint density at radius 1 is 1.21 bits per heavy atom. The highest BCUT2D eigenvalue weighted by atomic mass is 16.4. The summed E-state index contributed by atoms with van der Waals surface area (Å²) in [6, 6.07) is 7.50. The Balaban J connectivity index is 2.08. The van der Waals surface area contributed by atoms with E-state index in [-0.39, 0.29) is 5.91 Å². The van der Waals surface area contributed by atoms with Crippen LogP contribution in [0.2, 0.25) is 0 Å². The second-order valence-electron chi connectivity index (χ2n) is 5.47. The molecule has 4 heteroatoms. The van der Waals surface area contributed by atoms with Gasteiger partial charge in [-0.05, 0) is 38.3 Å². The summed E-state index contributed by atoms with van der Waals surface area (Å²) >= 11 is 0. The lowest BCUT2D eigenvalue weighted by Gasteiger charge is -2.36. The Hall–Kier alpha value is -1.84. The molecule has 0 spiro atoms. The van der Waals surface area contributed by atoms with Crippen LogP contribution in [0.15, 0.2) is 24.3 Å². The molecule has 1 fully saturated rings. The van der Waals surface area contributed by atoms with Crippen LogP contribution in [0.5, 0.6) is 0 Å². The zero-order chi connectivity index (χ0) is 14.0. The van der Waals surface area contributed by atoms with Crippen LogP contribution in [0.25, 0.3) is 0 Å². The van der Waals surface area contributed by atoms with E-state index in [2.05, 4.69) is 0 Å². The molecule has 19 heavy (non-hydrogen) atoms. The average Bonchev–Trinajstić information content (AvgIpc) is 2.39. The van der Waals surface area contributed by atoms with Crippen molar-refractivity contribution in [2.45, 2.75) is 26.7 Å². The molecule has 0 aromatic heterocycles. The van der Waals surface area contributed by atoms with Crippen LogP contribution < -0.4 is 0 Å². The van der Waals surface area contributed by atoms with E-state index in [1.807, 2.05) is 31.2 Å². The topological polar surface area (TPSA) is 57.6 Å². The minimum atomic E-state index is -0.768. The molecule has 0 aliphatic carbocycles. The molecule has 4 nitrogen and oxygen atoms in total. The average molecular weight is 261 g/mol. The number of aryl methyl sites for hydroxylation is 1. The summed E-state index contributed by atoms with van der Waals surface area (Å²) in [6.07, 6.45) is 1.03. The summed E-state index contributed by atoms with van der Waals surface area (Å²) in [7, 11) is 0. The Labute approximate surface area is 113 Å². The number of piperidine rings is 1. The van der Waals surface area contributed by atoms with E-state index < -0.39 is 11.4 Å². The van der Waals surface area contributed by atoms with Gasteiger partial charge < -0.3 is 10.0 Å². The van der Waals surface area contributed by atoms with Crippen molar-refractivity contribution in [1.82, 2.24) is 4.90 Å². The summed E-state index contributed by atoms with van der Waals surface area (Å²) < 4.78 is 0. The highest BCUT2D eigenvalue weighted by molar-refractivity contribution is 5.95. The highest BCUT2D eigenvalue weighted by Gasteiger charge is 2.38. The molecule has 1 aromatic carbocycles.